The molecule has 0 saturated carbocycles. The molecule has 1 saturated heterocycles. The molecule has 0 aliphatic carbocycles. The maximum atomic E-state index is 9.40. The highest BCUT2D eigenvalue weighted by atomic mass is 16.3. The molecular formula is C15H25N3O2. The number of nitrogens with zero attached hydrogens (tertiary/aromatic N) is 3. The van der Waals surface area contributed by atoms with Gasteiger partial charge in [0.2, 0.25) is 0 Å². The lowest BCUT2D eigenvalue weighted by molar-refractivity contribution is 0.188. The Morgan fingerprint density at radius 3 is 2.40 bits per heavy atom. The molecule has 0 aromatic carbocycles. The molecule has 1 aromatic rings. The Morgan fingerprint density at radius 2 is 1.85 bits per heavy atom. The van der Waals surface area contributed by atoms with Crippen molar-refractivity contribution in [2.24, 2.45) is 0 Å². The first-order chi connectivity index (χ1) is 9.63. The number of piperazine rings is 1. The number of aliphatic hydroxyl groups is 2. The number of rotatable bonds is 5. The highest BCUT2D eigenvalue weighted by molar-refractivity contribution is 5.43. The van der Waals surface area contributed by atoms with Gasteiger partial charge in [-0.2, -0.15) is 0 Å². The Morgan fingerprint density at radius 1 is 1.15 bits per heavy atom. The van der Waals surface area contributed by atoms with E-state index in [2.05, 4.69) is 23.6 Å². The highest BCUT2D eigenvalue weighted by Crippen LogP contribution is 2.21. The van der Waals surface area contributed by atoms with E-state index in [4.69, 9.17) is 10.1 Å². The van der Waals surface area contributed by atoms with E-state index in [0.717, 1.165) is 49.8 Å². The van der Waals surface area contributed by atoms with Crippen molar-refractivity contribution in [1.29, 1.82) is 0 Å². The Hall–Kier alpha value is -1.17. The first-order valence-electron chi connectivity index (χ1n) is 7.34. The second-order valence-electron chi connectivity index (χ2n) is 5.62. The van der Waals surface area contributed by atoms with Crippen LogP contribution in [0.25, 0.3) is 0 Å². The molecule has 2 rings (SSSR count). The lowest BCUT2D eigenvalue weighted by Gasteiger charge is -2.35. The van der Waals surface area contributed by atoms with Gasteiger partial charge >= 0.3 is 0 Å². The Labute approximate surface area is 120 Å². The average Bonchev–Trinajstić information content (AvgIpc) is 2.47. The van der Waals surface area contributed by atoms with Crippen LogP contribution in [-0.2, 0) is 6.61 Å². The van der Waals surface area contributed by atoms with Crippen molar-refractivity contribution in [3.63, 3.8) is 0 Å². The molecule has 0 atom stereocenters. The van der Waals surface area contributed by atoms with E-state index in [-0.39, 0.29) is 13.2 Å². The summed E-state index contributed by atoms with van der Waals surface area (Å²) in [5.41, 5.74) is 1.96. The molecule has 1 fully saturated rings. The molecule has 2 heterocycles. The van der Waals surface area contributed by atoms with Crippen LogP contribution in [-0.4, -0.2) is 59.4 Å². The van der Waals surface area contributed by atoms with E-state index in [0.29, 0.717) is 5.92 Å². The summed E-state index contributed by atoms with van der Waals surface area (Å²) in [5.74, 6) is 1.32. The minimum Gasteiger partial charge on any atom is -0.395 e. The number of aliphatic hydroxyl groups excluding tert-OH is 2. The van der Waals surface area contributed by atoms with Crippen molar-refractivity contribution < 1.29 is 10.2 Å². The third-order valence-electron chi connectivity index (χ3n) is 3.78. The molecule has 20 heavy (non-hydrogen) atoms. The molecule has 1 aliphatic heterocycles. The normalized spacial score (nSPS) is 16.9. The fourth-order valence-corrected chi connectivity index (χ4v) is 2.49. The Kier molecular flexibility index (Phi) is 5.34. The van der Waals surface area contributed by atoms with E-state index >= 15 is 0 Å². The molecular weight excluding hydrogens is 254 g/mol. The van der Waals surface area contributed by atoms with E-state index < -0.39 is 0 Å². The van der Waals surface area contributed by atoms with Crippen LogP contribution in [0, 0.1) is 0 Å². The number of pyridine rings is 1. The predicted octanol–water partition coefficient (Wildman–Crippen LogP) is 0.812. The molecule has 0 spiro atoms. The number of hydrogen-bond donors (Lipinski definition) is 2. The van der Waals surface area contributed by atoms with Crippen molar-refractivity contribution in [1.82, 2.24) is 9.88 Å². The summed E-state index contributed by atoms with van der Waals surface area (Å²) >= 11 is 0. The quantitative estimate of drug-likeness (QED) is 0.835. The molecule has 5 nitrogen and oxygen atoms in total. The Balaban J connectivity index is 2.10. The van der Waals surface area contributed by atoms with Crippen LogP contribution in [0.5, 0.6) is 0 Å². The van der Waals surface area contributed by atoms with Crippen LogP contribution in [0.4, 0.5) is 5.82 Å². The molecule has 0 radical (unpaired) electrons. The predicted molar refractivity (Wildman–Crippen MR) is 80.0 cm³/mol. The van der Waals surface area contributed by atoms with Gasteiger partial charge in [0.05, 0.1) is 13.2 Å². The third kappa shape index (κ3) is 3.69. The van der Waals surface area contributed by atoms with Gasteiger partial charge in [0.1, 0.15) is 5.82 Å². The van der Waals surface area contributed by atoms with E-state index in [1.807, 2.05) is 12.1 Å². The first-order valence-corrected chi connectivity index (χ1v) is 7.34. The second kappa shape index (κ2) is 7.02. The second-order valence-corrected chi connectivity index (χ2v) is 5.62. The van der Waals surface area contributed by atoms with Crippen molar-refractivity contribution in [3.05, 3.63) is 23.4 Å². The average molecular weight is 279 g/mol. The molecule has 2 N–H and O–H groups in total. The van der Waals surface area contributed by atoms with E-state index in [9.17, 15) is 5.11 Å². The van der Waals surface area contributed by atoms with Crippen LogP contribution in [0.15, 0.2) is 12.1 Å². The standard InChI is InChI=1S/C15H25N3O2/c1-12(2)14-9-13(11-20)10-15(16-14)18-5-3-17(4-6-18)7-8-19/h9-10,12,19-20H,3-8,11H2,1-2H3. The minimum absolute atomic E-state index is 0.0553. The van der Waals surface area contributed by atoms with Crippen molar-refractivity contribution >= 4 is 5.82 Å². The van der Waals surface area contributed by atoms with Gasteiger partial charge in [0.15, 0.2) is 0 Å². The first kappa shape index (κ1) is 15.2. The number of anilines is 1. The smallest absolute Gasteiger partial charge is 0.129 e. The minimum atomic E-state index is 0.0553. The summed E-state index contributed by atoms with van der Waals surface area (Å²) in [6.07, 6.45) is 0. The van der Waals surface area contributed by atoms with Gasteiger partial charge in [0, 0.05) is 38.4 Å². The Bertz CT molecular complexity index is 429. The SMILES string of the molecule is CC(C)c1cc(CO)cc(N2CCN(CCO)CC2)n1. The molecule has 1 aromatic heterocycles. The van der Waals surface area contributed by atoms with Crippen LogP contribution in [0.1, 0.15) is 31.0 Å². The summed E-state index contributed by atoms with van der Waals surface area (Å²) in [5, 5.41) is 18.4. The summed E-state index contributed by atoms with van der Waals surface area (Å²) < 4.78 is 0. The largest absolute Gasteiger partial charge is 0.395 e. The van der Waals surface area contributed by atoms with Crippen molar-refractivity contribution in [2.45, 2.75) is 26.4 Å². The molecule has 0 amide bonds. The van der Waals surface area contributed by atoms with Gasteiger partial charge < -0.3 is 15.1 Å². The maximum Gasteiger partial charge on any atom is 0.129 e. The van der Waals surface area contributed by atoms with Gasteiger partial charge in [-0.3, -0.25) is 4.90 Å². The van der Waals surface area contributed by atoms with Crippen LogP contribution in [0.3, 0.4) is 0 Å². The fraction of sp³-hybridized carbons (Fsp3) is 0.667. The molecule has 0 unspecified atom stereocenters. The van der Waals surface area contributed by atoms with Gasteiger partial charge in [-0.15, -0.1) is 0 Å². The zero-order chi connectivity index (χ0) is 14.5. The zero-order valence-electron chi connectivity index (χ0n) is 12.4. The van der Waals surface area contributed by atoms with Crippen LogP contribution < -0.4 is 4.90 Å². The van der Waals surface area contributed by atoms with Gasteiger partial charge in [-0.25, -0.2) is 4.98 Å². The summed E-state index contributed by atoms with van der Waals surface area (Å²) in [6.45, 7) is 8.98. The molecule has 0 bridgehead atoms. The van der Waals surface area contributed by atoms with Crippen molar-refractivity contribution in [3.8, 4) is 0 Å². The van der Waals surface area contributed by atoms with E-state index in [1.165, 1.54) is 0 Å². The fourth-order valence-electron chi connectivity index (χ4n) is 2.49. The lowest BCUT2D eigenvalue weighted by Crippen LogP contribution is -2.47. The zero-order valence-corrected chi connectivity index (χ0v) is 12.4. The lowest BCUT2D eigenvalue weighted by atomic mass is 10.1. The van der Waals surface area contributed by atoms with E-state index in [1.54, 1.807) is 0 Å². The van der Waals surface area contributed by atoms with Crippen LogP contribution in [0.2, 0.25) is 0 Å². The number of β-amino-alcohol motifs (C(OH)–C–C–N with tert-alkyl or cyclic N) is 1. The summed E-state index contributed by atoms with van der Waals surface area (Å²) in [7, 11) is 0. The molecule has 112 valence electrons. The summed E-state index contributed by atoms with van der Waals surface area (Å²) in [4.78, 5) is 9.24. The van der Waals surface area contributed by atoms with Gasteiger partial charge in [0.25, 0.3) is 0 Å². The summed E-state index contributed by atoms with van der Waals surface area (Å²) in [6, 6.07) is 3.96. The number of aromatic nitrogens is 1. The highest BCUT2D eigenvalue weighted by Gasteiger charge is 2.18. The van der Waals surface area contributed by atoms with Gasteiger partial charge in [-0.05, 0) is 23.6 Å². The monoisotopic (exact) mass is 279 g/mol. The number of hydrogen-bond acceptors (Lipinski definition) is 5. The molecule has 5 heteroatoms. The van der Waals surface area contributed by atoms with Gasteiger partial charge in [-0.1, -0.05) is 13.8 Å². The topological polar surface area (TPSA) is 59.8 Å². The molecule has 1 aliphatic rings. The van der Waals surface area contributed by atoms with Crippen LogP contribution >= 0.6 is 0 Å². The third-order valence-corrected chi connectivity index (χ3v) is 3.78. The van der Waals surface area contributed by atoms with Crippen molar-refractivity contribution in [2.75, 3.05) is 44.2 Å². The maximum absolute atomic E-state index is 9.40.